The zero-order chi connectivity index (χ0) is 15.9. The molecule has 1 aromatic rings. The summed E-state index contributed by atoms with van der Waals surface area (Å²) in [5.41, 5.74) is 2.49. The van der Waals surface area contributed by atoms with Crippen LogP contribution in [-0.4, -0.2) is 37.0 Å². The minimum Gasteiger partial charge on any atom is -0.352 e. The van der Waals surface area contributed by atoms with E-state index in [1.165, 1.54) is 5.56 Å². The fraction of sp³-hybridized carbons (Fsp3) is 0.611. The zero-order valence-electron chi connectivity index (χ0n) is 14.9. The third-order valence-corrected chi connectivity index (χ3v) is 4.72. The summed E-state index contributed by atoms with van der Waals surface area (Å²) in [6.07, 6.45) is 0. The third kappa shape index (κ3) is 6.60. The second kappa shape index (κ2) is 11.7. The normalized spacial score (nSPS) is 15.0. The summed E-state index contributed by atoms with van der Waals surface area (Å²) in [6, 6.07) is 8.57. The summed E-state index contributed by atoms with van der Waals surface area (Å²) in [5.74, 6) is 0.762. The lowest BCUT2D eigenvalue weighted by atomic mass is 9.88. The molecule has 0 aliphatic carbocycles. The standard InChI is InChI=1S/C18H29N3O.2ClH/c1-4-21(5-2)13-16-8-6-15(7-9-16)10-20-18(22)14(3)17-11-19-12-17;;/h6-9,14,17,19H,4-5,10-13H2,1-3H3,(H,20,22);2*1H. The van der Waals surface area contributed by atoms with E-state index in [0.717, 1.165) is 38.3 Å². The van der Waals surface area contributed by atoms with Crippen LogP contribution in [0.1, 0.15) is 31.9 Å². The van der Waals surface area contributed by atoms with E-state index in [0.29, 0.717) is 12.5 Å². The van der Waals surface area contributed by atoms with Gasteiger partial charge in [0.2, 0.25) is 5.91 Å². The van der Waals surface area contributed by atoms with Gasteiger partial charge in [-0.15, -0.1) is 24.8 Å². The van der Waals surface area contributed by atoms with Crippen molar-refractivity contribution in [2.45, 2.75) is 33.9 Å². The number of nitrogens with zero attached hydrogens (tertiary/aromatic N) is 1. The number of rotatable bonds is 8. The highest BCUT2D eigenvalue weighted by Crippen LogP contribution is 2.16. The molecule has 1 aromatic carbocycles. The average Bonchev–Trinajstić information content (AvgIpc) is 2.49. The van der Waals surface area contributed by atoms with Gasteiger partial charge in [0, 0.05) is 19.0 Å². The fourth-order valence-electron chi connectivity index (χ4n) is 2.70. The lowest BCUT2D eigenvalue weighted by Gasteiger charge is -2.31. The molecule has 1 fully saturated rings. The Morgan fingerprint density at radius 3 is 2.17 bits per heavy atom. The Bertz CT molecular complexity index is 474. The quantitative estimate of drug-likeness (QED) is 0.733. The van der Waals surface area contributed by atoms with Crippen LogP contribution in [0.3, 0.4) is 0 Å². The van der Waals surface area contributed by atoms with Gasteiger partial charge in [0.25, 0.3) is 0 Å². The third-order valence-electron chi connectivity index (χ3n) is 4.72. The first-order valence-electron chi connectivity index (χ1n) is 8.42. The van der Waals surface area contributed by atoms with Crippen molar-refractivity contribution in [3.05, 3.63) is 35.4 Å². The van der Waals surface area contributed by atoms with Crippen LogP contribution in [0.2, 0.25) is 0 Å². The molecule has 1 aliphatic rings. The lowest BCUT2D eigenvalue weighted by molar-refractivity contribution is -0.126. The lowest BCUT2D eigenvalue weighted by Crippen LogP contribution is -2.49. The van der Waals surface area contributed by atoms with E-state index in [9.17, 15) is 4.79 Å². The summed E-state index contributed by atoms with van der Waals surface area (Å²) in [5, 5.41) is 6.27. The maximum atomic E-state index is 12.1. The molecule has 6 heteroatoms. The molecule has 1 unspecified atom stereocenters. The molecule has 0 saturated carbocycles. The minimum atomic E-state index is 0. The molecule has 138 valence electrons. The van der Waals surface area contributed by atoms with Crippen LogP contribution in [0, 0.1) is 11.8 Å². The van der Waals surface area contributed by atoms with Crippen LogP contribution in [0.15, 0.2) is 24.3 Å². The van der Waals surface area contributed by atoms with E-state index in [4.69, 9.17) is 0 Å². The topological polar surface area (TPSA) is 44.4 Å². The number of benzene rings is 1. The van der Waals surface area contributed by atoms with Crippen molar-refractivity contribution in [3.8, 4) is 0 Å². The Labute approximate surface area is 158 Å². The smallest absolute Gasteiger partial charge is 0.223 e. The molecule has 1 saturated heterocycles. The van der Waals surface area contributed by atoms with Crippen LogP contribution >= 0.6 is 24.8 Å². The van der Waals surface area contributed by atoms with Crippen molar-refractivity contribution in [1.82, 2.24) is 15.5 Å². The summed E-state index contributed by atoms with van der Waals surface area (Å²) in [7, 11) is 0. The number of amides is 1. The van der Waals surface area contributed by atoms with Crippen LogP contribution in [0.4, 0.5) is 0 Å². The van der Waals surface area contributed by atoms with Gasteiger partial charge in [0.05, 0.1) is 0 Å². The zero-order valence-corrected chi connectivity index (χ0v) is 16.5. The first kappa shape index (κ1) is 23.2. The van der Waals surface area contributed by atoms with E-state index in [-0.39, 0.29) is 36.6 Å². The number of halogens is 2. The van der Waals surface area contributed by atoms with Crippen LogP contribution in [-0.2, 0) is 17.9 Å². The Morgan fingerprint density at radius 2 is 1.71 bits per heavy atom. The van der Waals surface area contributed by atoms with Crippen molar-refractivity contribution in [3.63, 3.8) is 0 Å². The molecule has 0 bridgehead atoms. The van der Waals surface area contributed by atoms with Gasteiger partial charge in [-0.05, 0) is 43.2 Å². The van der Waals surface area contributed by atoms with Gasteiger partial charge in [-0.1, -0.05) is 45.0 Å². The van der Waals surface area contributed by atoms with Gasteiger partial charge >= 0.3 is 0 Å². The van der Waals surface area contributed by atoms with E-state index in [2.05, 4.69) is 53.6 Å². The Morgan fingerprint density at radius 1 is 1.17 bits per heavy atom. The second-order valence-electron chi connectivity index (χ2n) is 6.20. The predicted octanol–water partition coefficient (Wildman–Crippen LogP) is 2.84. The molecule has 0 aromatic heterocycles. The summed E-state index contributed by atoms with van der Waals surface area (Å²) in [6.45, 7) is 12.1. The van der Waals surface area contributed by atoms with Gasteiger partial charge in [-0.3, -0.25) is 9.69 Å². The maximum Gasteiger partial charge on any atom is 0.223 e. The van der Waals surface area contributed by atoms with E-state index in [1.807, 2.05) is 6.92 Å². The van der Waals surface area contributed by atoms with Crippen molar-refractivity contribution >= 4 is 30.7 Å². The van der Waals surface area contributed by atoms with Crippen molar-refractivity contribution in [2.75, 3.05) is 26.2 Å². The van der Waals surface area contributed by atoms with Crippen molar-refractivity contribution in [1.29, 1.82) is 0 Å². The van der Waals surface area contributed by atoms with Crippen LogP contribution in [0.25, 0.3) is 0 Å². The monoisotopic (exact) mass is 375 g/mol. The number of hydrogen-bond acceptors (Lipinski definition) is 3. The van der Waals surface area contributed by atoms with Crippen LogP contribution < -0.4 is 10.6 Å². The number of hydrogen-bond donors (Lipinski definition) is 2. The molecule has 1 heterocycles. The van der Waals surface area contributed by atoms with Crippen LogP contribution in [0.5, 0.6) is 0 Å². The number of nitrogens with one attached hydrogen (secondary N) is 2. The minimum absolute atomic E-state index is 0. The largest absolute Gasteiger partial charge is 0.352 e. The molecule has 24 heavy (non-hydrogen) atoms. The van der Waals surface area contributed by atoms with Gasteiger partial charge < -0.3 is 10.6 Å². The fourth-order valence-corrected chi connectivity index (χ4v) is 2.70. The molecular weight excluding hydrogens is 345 g/mol. The SMILES string of the molecule is CCN(CC)Cc1ccc(CNC(=O)C(C)C2CNC2)cc1.Cl.Cl. The highest BCUT2D eigenvalue weighted by atomic mass is 35.5. The van der Waals surface area contributed by atoms with Gasteiger partial charge in [-0.25, -0.2) is 0 Å². The number of carbonyl (C=O) groups is 1. The molecule has 1 amide bonds. The molecule has 0 radical (unpaired) electrons. The second-order valence-corrected chi connectivity index (χ2v) is 6.20. The predicted molar refractivity (Wildman–Crippen MR) is 105 cm³/mol. The molecule has 4 nitrogen and oxygen atoms in total. The van der Waals surface area contributed by atoms with E-state index >= 15 is 0 Å². The highest BCUT2D eigenvalue weighted by Gasteiger charge is 2.28. The average molecular weight is 376 g/mol. The van der Waals surface area contributed by atoms with E-state index in [1.54, 1.807) is 0 Å². The Hall–Kier alpha value is -0.810. The first-order valence-corrected chi connectivity index (χ1v) is 8.42. The number of carbonyl (C=O) groups excluding carboxylic acids is 1. The maximum absolute atomic E-state index is 12.1. The first-order chi connectivity index (χ1) is 10.6. The summed E-state index contributed by atoms with van der Waals surface area (Å²) in [4.78, 5) is 14.5. The van der Waals surface area contributed by atoms with Gasteiger partial charge in [0.1, 0.15) is 0 Å². The molecule has 2 N–H and O–H groups in total. The Kier molecular flexibility index (Phi) is 11.3. The molecule has 1 atom stereocenters. The molecule has 0 spiro atoms. The molecule has 1 aliphatic heterocycles. The van der Waals surface area contributed by atoms with Crippen molar-refractivity contribution in [2.24, 2.45) is 11.8 Å². The molecular formula is C18H31Cl2N3O. The van der Waals surface area contributed by atoms with Crippen molar-refractivity contribution < 1.29 is 4.79 Å². The summed E-state index contributed by atoms with van der Waals surface area (Å²) >= 11 is 0. The summed E-state index contributed by atoms with van der Waals surface area (Å²) < 4.78 is 0. The van der Waals surface area contributed by atoms with Gasteiger partial charge in [-0.2, -0.15) is 0 Å². The Balaban J connectivity index is 0.00000264. The van der Waals surface area contributed by atoms with Gasteiger partial charge in [0.15, 0.2) is 0 Å². The van der Waals surface area contributed by atoms with E-state index < -0.39 is 0 Å². The molecule has 2 rings (SSSR count). The highest BCUT2D eigenvalue weighted by molar-refractivity contribution is 5.85.